The molecule has 0 aliphatic heterocycles. The maximum absolute atomic E-state index is 5.65. The van der Waals surface area contributed by atoms with Crippen molar-refractivity contribution in [3.8, 4) is 17.2 Å². The Bertz CT molecular complexity index is 646. The normalized spacial score (nSPS) is 10.8. The van der Waals surface area contributed by atoms with Crippen LogP contribution >= 0.6 is 15.9 Å². The summed E-state index contributed by atoms with van der Waals surface area (Å²) in [6.45, 7) is 0.645. The Hall–Kier alpha value is -1.88. The number of oxazole rings is 1. The van der Waals surface area contributed by atoms with E-state index in [0.717, 1.165) is 16.6 Å². The summed E-state index contributed by atoms with van der Waals surface area (Å²) in [5.41, 5.74) is 2.22. The third-order valence-corrected chi connectivity index (χ3v) is 2.94. The van der Waals surface area contributed by atoms with Crippen molar-refractivity contribution >= 4 is 27.2 Å². The summed E-state index contributed by atoms with van der Waals surface area (Å²) < 4.78 is 11.1. The molecule has 0 amide bonds. The molecule has 0 aliphatic rings. The smallest absolute Gasteiger partial charge is 0.228 e. The molecule has 96 valence electrons. The lowest BCUT2D eigenvalue weighted by atomic mass is 10.2. The van der Waals surface area contributed by atoms with Crippen LogP contribution in [0.4, 0.5) is 0 Å². The second-order valence-corrected chi connectivity index (χ2v) is 4.70. The van der Waals surface area contributed by atoms with Crippen LogP contribution in [0.25, 0.3) is 22.7 Å². The zero-order chi connectivity index (χ0) is 13.1. The summed E-state index contributed by atoms with van der Waals surface area (Å²) in [6, 6.07) is 11.3. The monoisotopic (exact) mass is 318 g/mol. The molecule has 0 saturated heterocycles. The van der Waals surface area contributed by atoms with Gasteiger partial charge in [0.05, 0.1) is 6.61 Å². The molecule has 0 bridgehead atoms. The average Bonchev–Trinajstić information content (AvgIpc) is 2.89. The number of hydrogen-bond donors (Lipinski definition) is 0. The van der Waals surface area contributed by atoms with E-state index < -0.39 is 0 Å². The maximum atomic E-state index is 5.65. The first-order valence-corrected chi connectivity index (χ1v) is 7.00. The number of benzene rings is 1. The van der Waals surface area contributed by atoms with E-state index in [1.807, 2.05) is 36.4 Å². The number of rotatable bonds is 4. The molecule has 0 atom stereocenters. The number of ether oxygens (including phenoxy) is 1. The van der Waals surface area contributed by atoms with Gasteiger partial charge in [0.25, 0.3) is 0 Å². The number of pyridine rings is 1. The number of halogens is 1. The minimum atomic E-state index is 0.570. The summed E-state index contributed by atoms with van der Waals surface area (Å²) in [6.07, 6.45) is 1.70. The van der Waals surface area contributed by atoms with Crippen molar-refractivity contribution in [2.24, 2.45) is 0 Å². The van der Waals surface area contributed by atoms with E-state index >= 15 is 0 Å². The fourth-order valence-corrected chi connectivity index (χ4v) is 1.90. The molecule has 1 aromatic carbocycles. The Morgan fingerprint density at radius 3 is 2.74 bits per heavy atom. The second-order valence-electron chi connectivity index (χ2n) is 3.91. The molecule has 19 heavy (non-hydrogen) atoms. The predicted molar refractivity (Wildman–Crippen MR) is 76.5 cm³/mol. The lowest BCUT2D eigenvalue weighted by molar-refractivity contribution is 0.345. The quantitative estimate of drug-likeness (QED) is 0.689. The zero-order valence-electron chi connectivity index (χ0n) is 10.0. The first-order valence-electron chi connectivity index (χ1n) is 5.87. The number of fused-ring (bicyclic) bond motifs is 1. The molecule has 0 saturated carbocycles. The number of hydrogen-bond acceptors (Lipinski definition) is 4. The molecule has 3 aromatic rings. The van der Waals surface area contributed by atoms with E-state index in [1.54, 1.807) is 6.20 Å². The van der Waals surface area contributed by atoms with Crippen molar-refractivity contribution in [2.45, 2.75) is 0 Å². The van der Waals surface area contributed by atoms with Crippen molar-refractivity contribution in [1.82, 2.24) is 9.97 Å². The van der Waals surface area contributed by atoms with Crippen molar-refractivity contribution in [1.29, 1.82) is 0 Å². The minimum absolute atomic E-state index is 0.570. The molecular weight excluding hydrogens is 308 g/mol. The van der Waals surface area contributed by atoms with Gasteiger partial charge in [0.2, 0.25) is 5.89 Å². The van der Waals surface area contributed by atoms with E-state index in [2.05, 4.69) is 25.9 Å². The van der Waals surface area contributed by atoms with E-state index in [4.69, 9.17) is 9.15 Å². The van der Waals surface area contributed by atoms with Gasteiger partial charge in [-0.25, -0.2) is 4.98 Å². The highest BCUT2D eigenvalue weighted by atomic mass is 79.9. The lowest BCUT2D eigenvalue weighted by Crippen LogP contribution is -1.97. The molecule has 5 heteroatoms. The number of nitrogens with zero attached hydrogens (tertiary/aromatic N) is 2. The molecule has 0 N–H and O–H groups in total. The topological polar surface area (TPSA) is 48.2 Å². The van der Waals surface area contributed by atoms with Crippen LogP contribution < -0.4 is 4.74 Å². The van der Waals surface area contributed by atoms with Crippen LogP contribution in [0.3, 0.4) is 0 Å². The van der Waals surface area contributed by atoms with Crippen LogP contribution in [-0.4, -0.2) is 21.9 Å². The second kappa shape index (κ2) is 5.40. The lowest BCUT2D eigenvalue weighted by Gasteiger charge is -2.03. The molecule has 2 heterocycles. The van der Waals surface area contributed by atoms with Gasteiger partial charge in [-0.1, -0.05) is 15.9 Å². The molecule has 0 spiro atoms. The Morgan fingerprint density at radius 1 is 1.16 bits per heavy atom. The summed E-state index contributed by atoms with van der Waals surface area (Å²) >= 11 is 3.32. The highest BCUT2D eigenvalue weighted by Crippen LogP contribution is 2.24. The molecular formula is C14H11BrN2O2. The van der Waals surface area contributed by atoms with Gasteiger partial charge in [-0.2, -0.15) is 4.98 Å². The summed E-state index contributed by atoms with van der Waals surface area (Å²) in [5.74, 6) is 1.40. The van der Waals surface area contributed by atoms with E-state index in [0.29, 0.717) is 23.7 Å². The molecule has 3 rings (SSSR count). The van der Waals surface area contributed by atoms with Crippen molar-refractivity contribution < 1.29 is 9.15 Å². The average molecular weight is 319 g/mol. The molecule has 0 unspecified atom stereocenters. The van der Waals surface area contributed by atoms with Crippen LogP contribution in [0.1, 0.15) is 0 Å². The van der Waals surface area contributed by atoms with Gasteiger partial charge in [-0.05, 0) is 36.4 Å². The van der Waals surface area contributed by atoms with Crippen LogP contribution in [0.5, 0.6) is 5.75 Å². The van der Waals surface area contributed by atoms with E-state index in [-0.39, 0.29) is 0 Å². The molecule has 0 radical (unpaired) electrons. The van der Waals surface area contributed by atoms with Gasteiger partial charge in [0, 0.05) is 17.1 Å². The van der Waals surface area contributed by atoms with Crippen molar-refractivity contribution in [3.05, 3.63) is 42.6 Å². The standard InChI is InChI=1S/C14H11BrN2O2/c15-7-9-18-11-5-3-10(4-6-11)14-17-13-12(19-14)2-1-8-16-13/h1-6,8H,7,9H2. The summed E-state index contributed by atoms with van der Waals surface area (Å²) in [5, 5.41) is 0.811. The first-order chi connectivity index (χ1) is 9.36. The first kappa shape index (κ1) is 12.2. The van der Waals surface area contributed by atoms with Gasteiger partial charge in [0.15, 0.2) is 11.2 Å². The third-order valence-electron chi connectivity index (χ3n) is 2.61. The SMILES string of the molecule is BrCCOc1ccc(-c2nc3ncccc3o2)cc1. The van der Waals surface area contributed by atoms with Gasteiger partial charge in [-0.3, -0.25) is 0 Å². The highest BCUT2D eigenvalue weighted by molar-refractivity contribution is 9.09. The predicted octanol–water partition coefficient (Wildman–Crippen LogP) is 3.66. The van der Waals surface area contributed by atoms with E-state index in [1.165, 1.54) is 0 Å². The maximum Gasteiger partial charge on any atom is 0.228 e. The van der Waals surface area contributed by atoms with Gasteiger partial charge >= 0.3 is 0 Å². The largest absolute Gasteiger partial charge is 0.493 e. The van der Waals surface area contributed by atoms with Crippen LogP contribution in [0.2, 0.25) is 0 Å². The van der Waals surface area contributed by atoms with Crippen molar-refractivity contribution in [3.63, 3.8) is 0 Å². The van der Waals surface area contributed by atoms with Crippen molar-refractivity contribution in [2.75, 3.05) is 11.9 Å². The number of aromatic nitrogens is 2. The Labute approximate surface area is 118 Å². The van der Waals surface area contributed by atoms with E-state index in [9.17, 15) is 0 Å². The molecule has 0 fully saturated rings. The fraction of sp³-hybridized carbons (Fsp3) is 0.143. The number of alkyl halides is 1. The molecule has 2 aromatic heterocycles. The minimum Gasteiger partial charge on any atom is -0.493 e. The molecule has 4 nitrogen and oxygen atoms in total. The van der Waals surface area contributed by atoms with Gasteiger partial charge < -0.3 is 9.15 Å². The fourth-order valence-electron chi connectivity index (χ4n) is 1.74. The van der Waals surface area contributed by atoms with Crippen LogP contribution in [0, 0.1) is 0 Å². The van der Waals surface area contributed by atoms with Crippen LogP contribution in [-0.2, 0) is 0 Å². The Kier molecular flexibility index (Phi) is 3.46. The van der Waals surface area contributed by atoms with Crippen LogP contribution in [0.15, 0.2) is 47.0 Å². The zero-order valence-corrected chi connectivity index (χ0v) is 11.6. The molecule has 0 aliphatic carbocycles. The highest BCUT2D eigenvalue weighted by Gasteiger charge is 2.08. The summed E-state index contributed by atoms with van der Waals surface area (Å²) in [4.78, 5) is 8.50. The Balaban J connectivity index is 1.88. The van der Waals surface area contributed by atoms with Gasteiger partial charge in [0.1, 0.15) is 5.75 Å². The van der Waals surface area contributed by atoms with Gasteiger partial charge in [-0.15, -0.1) is 0 Å². The Morgan fingerprint density at radius 2 is 2.00 bits per heavy atom. The summed E-state index contributed by atoms with van der Waals surface area (Å²) in [7, 11) is 0. The third kappa shape index (κ3) is 2.61.